The molecular weight excluding hydrogens is 588 g/mol. The Hall–Kier alpha value is -2.37. The first-order valence-electron chi connectivity index (χ1n) is 19.4. The molecule has 0 spiro atoms. The predicted octanol–water partition coefficient (Wildman–Crippen LogP) is 11.9. The van der Waals surface area contributed by atoms with Gasteiger partial charge in [0.15, 0.2) is 6.10 Å². The summed E-state index contributed by atoms with van der Waals surface area (Å²) in [7, 11) is 0. The topological polar surface area (TPSA) is 78.9 Å². The molecule has 0 aromatic heterocycles. The van der Waals surface area contributed by atoms with Crippen LogP contribution in [0.25, 0.3) is 0 Å². The van der Waals surface area contributed by atoms with Crippen molar-refractivity contribution in [2.45, 2.75) is 193 Å². The highest BCUT2D eigenvalue weighted by Crippen LogP contribution is 2.13. The van der Waals surface area contributed by atoms with E-state index in [0.29, 0.717) is 19.3 Å². The number of hydrogen-bond acceptors (Lipinski definition) is 6. The van der Waals surface area contributed by atoms with Gasteiger partial charge in [0, 0.05) is 19.3 Å². The molecule has 1 atom stereocenters. The van der Waals surface area contributed by atoms with Crippen molar-refractivity contribution >= 4 is 17.9 Å². The number of carbonyl (C=O) groups is 3. The molecule has 6 heteroatoms. The van der Waals surface area contributed by atoms with E-state index in [-0.39, 0.29) is 31.1 Å². The third-order valence-corrected chi connectivity index (χ3v) is 8.38. The molecule has 0 amide bonds. The summed E-state index contributed by atoms with van der Waals surface area (Å²) in [6.07, 6.45) is 36.6. The van der Waals surface area contributed by atoms with Crippen LogP contribution in [0.15, 0.2) is 37.5 Å². The Kier molecular flexibility index (Phi) is 34.6. The van der Waals surface area contributed by atoms with E-state index in [4.69, 9.17) is 14.2 Å². The minimum atomic E-state index is -0.781. The van der Waals surface area contributed by atoms with E-state index >= 15 is 0 Å². The Morgan fingerprint density at radius 3 is 1.21 bits per heavy atom. The minimum Gasteiger partial charge on any atom is -0.462 e. The fraction of sp³-hybridized carbons (Fsp3) is 0.780. The summed E-state index contributed by atoms with van der Waals surface area (Å²) < 4.78 is 16.5. The van der Waals surface area contributed by atoms with E-state index < -0.39 is 6.10 Å². The lowest BCUT2D eigenvalue weighted by atomic mass is 10.1. The first-order chi connectivity index (χ1) is 23.0. The molecular formula is C41H72O6. The largest absolute Gasteiger partial charge is 0.462 e. The van der Waals surface area contributed by atoms with E-state index in [9.17, 15) is 14.4 Å². The van der Waals surface area contributed by atoms with Crippen LogP contribution in [0.5, 0.6) is 0 Å². The Balaban J connectivity index is 4.25. The second-order valence-corrected chi connectivity index (χ2v) is 13.0. The predicted molar refractivity (Wildman–Crippen MR) is 196 cm³/mol. The van der Waals surface area contributed by atoms with Crippen molar-refractivity contribution in [2.24, 2.45) is 0 Å². The summed E-state index contributed by atoms with van der Waals surface area (Å²) in [5.74, 6) is -0.952. The zero-order chi connectivity index (χ0) is 34.5. The van der Waals surface area contributed by atoms with Gasteiger partial charge in [-0.2, -0.15) is 0 Å². The molecule has 0 saturated carbocycles. The number of unbranched alkanes of at least 4 members (excludes halogenated alkanes) is 21. The number of ether oxygens (including phenoxy) is 3. The molecule has 0 aromatic rings. The molecule has 0 N–H and O–H groups in total. The molecule has 0 radical (unpaired) electrons. The summed E-state index contributed by atoms with van der Waals surface area (Å²) in [6, 6.07) is 0. The van der Waals surface area contributed by atoms with Crippen LogP contribution in [0.2, 0.25) is 0 Å². The van der Waals surface area contributed by atoms with E-state index in [1.54, 1.807) is 0 Å². The molecule has 0 aliphatic heterocycles. The van der Waals surface area contributed by atoms with Crippen molar-refractivity contribution in [3.63, 3.8) is 0 Å². The van der Waals surface area contributed by atoms with Crippen molar-refractivity contribution < 1.29 is 28.6 Å². The van der Waals surface area contributed by atoms with E-state index in [1.807, 2.05) is 12.2 Å². The highest BCUT2D eigenvalue weighted by molar-refractivity contribution is 5.71. The summed E-state index contributed by atoms with van der Waals surface area (Å²) in [6.45, 7) is 9.56. The molecule has 0 aliphatic rings. The van der Waals surface area contributed by atoms with Gasteiger partial charge < -0.3 is 14.2 Å². The number of hydrogen-bond donors (Lipinski definition) is 0. The highest BCUT2D eigenvalue weighted by atomic mass is 16.6. The average molecular weight is 661 g/mol. The van der Waals surface area contributed by atoms with Gasteiger partial charge >= 0.3 is 17.9 Å². The number of rotatable bonds is 36. The lowest BCUT2D eigenvalue weighted by Crippen LogP contribution is -2.30. The van der Waals surface area contributed by atoms with E-state index in [1.165, 1.54) is 57.8 Å². The van der Waals surface area contributed by atoms with Crippen LogP contribution < -0.4 is 0 Å². The maximum absolute atomic E-state index is 12.5. The van der Waals surface area contributed by atoms with Crippen LogP contribution in [-0.2, 0) is 28.6 Å². The monoisotopic (exact) mass is 661 g/mol. The van der Waals surface area contributed by atoms with Crippen molar-refractivity contribution in [1.82, 2.24) is 0 Å². The van der Waals surface area contributed by atoms with Crippen LogP contribution >= 0.6 is 0 Å². The highest BCUT2D eigenvalue weighted by Gasteiger charge is 2.19. The normalized spacial score (nSPS) is 11.8. The second kappa shape index (κ2) is 36.5. The zero-order valence-corrected chi connectivity index (χ0v) is 30.5. The first-order valence-corrected chi connectivity index (χ1v) is 19.4. The fourth-order valence-electron chi connectivity index (χ4n) is 5.39. The van der Waals surface area contributed by atoms with Gasteiger partial charge in [-0.05, 0) is 70.6 Å². The molecule has 47 heavy (non-hydrogen) atoms. The van der Waals surface area contributed by atoms with Crippen molar-refractivity contribution in [3.8, 4) is 0 Å². The van der Waals surface area contributed by atoms with E-state index in [0.717, 1.165) is 103 Å². The van der Waals surface area contributed by atoms with Gasteiger partial charge in [0.2, 0.25) is 0 Å². The maximum Gasteiger partial charge on any atom is 0.306 e. The third kappa shape index (κ3) is 34.8. The van der Waals surface area contributed by atoms with Gasteiger partial charge in [0.25, 0.3) is 0 Å². The van der Waals surface area contributed by atoms with Gasteiger partial charge in [-0.3, -0.25) is 14.4 Å². The van der Waals surface area contributed by atoms with Gasteiger partial charge in [-0.15, -0.1) is 13.2 Å². The molecule has 0 heterocycles. The van der Waals surface area contributed by atoms with Gasteiger partial charge in [0.05, 0.1) is 0 Å². The molecule has 0 aromatic carbocycles. The van der Waals surface area contributed by atoms with Gasteiger partial charge in [-0.1, -0.05) is 121 Å². The summed E-state index contributed by atoms with van der Waals surface area (Å²) in [5.41, 5.74) is 0. The minimum absolute atomic E-state index is 0.0895. The van der Waals surface area contributed by atoms with Crippen molar-refractivity contribution in [1.29, 1.82) is 0 Å². The standard InChI is InChI=1S/C41H72O6/c1-4-7-10-13-16-17-18-19-20-21-22-23-26-28-31-34-40(43)46-37-38(47-41(44)35-32-29-25-15-12-9-6-3)36-45-39(42)33-30-27-24-14-11-8-5-2/h5-6,19-20,38H,2-4,7-18,21-37H2,1H3. The molecule has 1 unspecified atom stereocenters. The van der Waals surface area contributed by atoms with Crippen molar-refractivity contribution in [2.75, 3.05) is 13.2 Å². The zero-order valence-electron chi connectivity index (χ0n) is 30.5. The van der Waals surface area contributed by atoms with Crippen LogP contribution in [0.1, 0.15) is 187 Å². The Labute approximate surface area is 289 Å². The maximum atomic E-state index is 12.5. The number of carbonyl (C=O) groups excluding carboxylic acids is 3. The lowest BCUT2D eigenvalue weighted by molar-refractivity contribution is -0.167. The average Bonchev–Trinajstić information content (AvgIpc) is 3.06. The van der Waals surface area contributed by atoms with Gasteiger partial charge in [-0.25, -0.2) is 0 Å². The molecule has 6 nitrogen and oxygen atoms in total. The fourth-order valence-corrected chi connectivity index (χ4v) is 5.39. The third-order valence-electron chi connectivity index (χ3n) is 8.38. The van der Waals surface area contributed by atoms with Crippen LogP contribution in [0.3, 0.4) is 0 Å². The molecule has 0 rings (SSSR count). The van der Waals surface area contributed by atoms with Crippen molar-refractivity contribution in [3.05, 3.63) is 37.5 Å². The van der Waals surface area contributed by atoms with Crippen LogP contribution in [-0.4, -0.2) is 37.2 Å². The Morgan fingerprint density at radius 1 is 0.468 bits per heavy atom. The number of esters is 3. The molecule has 0 saturated heterocycles. The lowest BCUT2D eigenvalue weighted by Gasteiger charge is -2.18. The Morgan fingerprint density at radius 2 is 0.809 bits per heavy atom. The van der Waals surface area contributed by atoms with E-state index in [2.05, 4.69) is 32.2 Å². The summed E-state index contributed by atoms with van der Waals surface area (Å²) >= 11 is 0. The van der Waals surface area contributed by atoms with Gasteiger partial charge in [0.1, 0.15) is 13.2 Å². The molecule has 0 aliphatic carbocycles. The molecule has 272 valence electrons. The van der Waals surface area contributed by atoms with Crippen LogP contribution in [0, 0.1) is 0 Å². The smallest absolute Gasteiger partial charge is 0.306 e. The second-order valence-electron chi connectivity index (χ2n) is 13.0. The SMILES string of the molecule is C=CCCCCCCCC(=O)OCC(COC(=O)CCCCCCCC=CCCCCCCCC)OC(=O)CCCCCCCC=C. The number of allylic oxidation sites excluding steroid dienone is 4. The summed E-state index contributed by atoms with van der Waals surface area (Å²) in [4.78, 5) is 37.2. The Bertz CT molecular complexity index is 789. The summed E-state index contributed by atoms with van der Waals surface area (Å²) in [5, 5.41) is 0. The first kappa shape index (κ1) is 44.6. The quantitative estimate of drug-likeness (QED) is 0.0288. The molecule has 0 fully saturated rings. The molecule has 0 bridgehead atoms. The van der Waals surface area contributed by atoms with Crippen LogP contribution in [0.4, 0.5) is 0 Å².